The molecule has 0 fully saturated rings. The summed E-state index contributed by atoms with van der Waals surface area (Å²) < 4.78 is 19.1. The molecule has 0 saturated heterocycles. The van der Waals surface area contributed by atoms with Crippen LogP contribution in [0.3, 0.4) is 0 Å². The van der Waals surface area contributed by atoms with Crippen LogP contribution in [0.4, 0.5) is 0 Å². The predicted octanol–water partition coefficient (Wildman–Crippen LogP) is 6.70. The maximum absolute atomic E-state index is 13.2. The van der Waals surface area contributed by atoms with Crippen LogP contribution in [0, 0.1) is 20.8 Å². The number of rotatable bonds is 7. The standard InChI is InChI=1S/C24H26O2P/c1-18-16-19(2)23(20(3)17-18)24(22-12-8-5-9-13-22)27(25)26-15-14-21-10-6-4-7-11-21/h4-13,16-17,24H,14-15H2,1-3H3/q+1. The van der Waals surface area contributed by atoms with Gasteiger partial charge in [0.05, 0.1) is 0 Å². The summed E-state index contributed by atoms with van der Waals surface area (Å²) in [5.41, 5.74) is 6.65. The molecule has 0 radical (unpaired) electrons. The van der Waals surface area contributed by atoms with E-state index >= 15 is 0 Å². The molecule has 3 aromatic carbocycles. The first-order valence-electron chi connectivity index (χ1n) is 9.32. The van der Waals surface area contributed by atoms with Gasteiger partial charge in [-0.2, -0.15) is 0 Å². The van der Waals surface area contributed by atoms with Crippen molar-refractivity contribution in [2.45, 2.75) is 32.9 Å². The summed E-state index contributed by atoms with van der Waals surface area (Å²) in [6.45, 7) is 6.74. The van der Waals surface area contributed by atoms with Gasteiger partial charge in [-0.25, -0.2) is 0 Å². The highest BCUT2D eigenvalue weighted by Crippen LogP contribution is 2.49. The van der Waals surface area contributed by atoms with E-state index in [9.17, 15) is 4.57 Å². The predicted molar refractivity (Wildman–Crippen MR) is 113 cm³/mol. The van der Waals surface area contributed by atoms with Crippen molar-refractivity contribution in [1.29, 1.82) is 0 Å². The lowest BCUT2D eigenvalue weighted by Gasteiger charge is -2.15. The van der Waals surface area contributed by atoms with E-state index in [2.05, 4.69) is 45.0 Å². The highest BCUT2D eigenvalue weighted by atomic mass is 31.1. The SMILES string of the molecule is Cc1cc(C)c(C(c2ccccc2)[P+](=O)OCCc2ccccc2)c(C)c1. The quantitative estimate of drug-likeness (QED) is 0.428. The van der Waals surface area contributed by atoms with Gasteiger partial charge in [0.1, 0.15) is 6.61 Å². The van der Waals surface area contributed by atoms with E-state index in [-0.39, 0.29) is 5.66 Å². The number of hydrogen-bond donors (Lipinski definition) is 0. The van der Waals surface area contributed by atoms with E-state index in [4.69, 9.17) is 4.52 Å². The van der Waals surface area contributed by atoms with Gasteiger partial charge in [0.2, 0.25) is 5.66 Å². The molecule has 2 atom stereocenters. The van der Waals surface area contributed by atoms with E-state index in [1.807, 2.05) is 48.5 Å². The van der Waals surface area contributed by atoms with Crippen molar-refractivity contribution in [3.8, 4) is 0 Å². The summed E-state index contributed by atoms with van der Waals surface area (Å²) in [6.07, 6.45) is 0.759. The second-order valence-corrected chi connectivity index (χ2v) is 8.33. The molecule has 0 bridgehead atoms. The monoisotopic (exact) mass is 377 g/mol. The highest BCUT2D eigenvalue weighted by molar-refractivity contribution is 7.40. The molecule has 0 aliphatic heterocycles. The average Bonchev–Trinajstić information content (AvgIpc) is 2.66. The van der Waals surface area contributed by atoms with Gasteiger partial charge in [-0.3, -0.25) is 0 Å². The van der Waals surface area contributed by atoms with Gasteiger partial charge in [-0.05, 0) is 42.0 Å². The Balaban J connectivity index is 1.86. The van der Waals surface area contributed by atoms with E-state index < -0.39 is 8.03 Å². The van der Waals surface area contributed by atoms with Crippen molar-refractivity contribution in [3.05, 3.63) is 106 Å². The fourth-order valence-electron chi connectivity index (χ4n) is 3.62. The maximum Gasteiger partial charge on any atom is 0.521 e. The maximum atomic E-state index is 13.2. The van der Waals surface area contributed by atoms with Crippen LogP contribution in [-0.2, 0) is 15.5 Å². The van der Waals surface area contributed by atoms with Crippen molar-refractivity contribution in [2.24, 2.45) is 0 Å². The van der Waals surface area contributed by atoms with E-state index in [1.165, 1.54) is 11.1 Å². The minimum atomic E-state index is -1.88. The molecule has 3 heteroatoms. The smallest absolute Gasteiger partial charge is 0.145 e. The summed E-state index contributed by atoms with van der Waals surface area (Å²) in [7, 11) is -1.88. The molecule has 0 spiro atoms. The molecule has 3 rings (SSSR count). The number of aryl methyl sites for hydroxylation is 3. The summed E-state index contributed by atoms with van der Waals surface area (Å²) in [6, 6.07) is 24.5. The third-order valence-corrected chi connectivity index (χ3v) is 6.20. The highest BCUT2D eigenvalue weighted by Gasteiger charge is 2.38. The molecule has 27 heavy (non-hydrogen) atoms. The number of benzene rings is 3. The lowest BCUT2D eigenvalue weighted by atomic mass is 9.94. The molecule has 0 amide bonds. The zero-order chi connectivity index (χ0) is 19.2. The van der Waals surface area contributed by atoms with Gasteiger partial charge in [0, 0.05) is 17.5 Å². The van der Waals surface area contributed by atoms with Crippen molar-refractivity contribution < 1.29 is 9.09 Å². The Morgan fingerprint density at radius 2 is 1.41 bits per heavy atom. The second kappa shape index (κ2) is 9.08. The largest absolute Gasteiger partial charge is 0.521 e. The van der Waals surface area contributed by atoms with Crippen LogP contribution in [0.2, 0.25) is 0 Å². The fourth-order valence-corrected chi connectivity index (χ4v) is 5.08. The molecule has 2 nitrogen and oxygen atoms in total. The van der Waals surface area contributed by atoms with Crippen molar-refractivity contribution >= 4 is 8.03 Å². The van der Waals surface area contributed by atoms with Gasteiger partial charge < -0.3 is 0 Å². The molecule has 0 heterocycles. The first-order valence-corrected chi connectivity index (χ1v) is 10.6. The Morgan fingerprint density at radius 1 is 0.852 bits per heavy atom. The topological polar surface area (TPSA) is 26.3 Å². The third-order valence-electron chi connectivity index (χ3n) is 4.79. The summed E-state index contributed by atoms with van der Waals surface area (Å²) in [5, 5.41) is 0. The Hall–Kier alpha value is -2.28. The molecule has 0 aromatic heterocycles. The van der Waals surface area contributed by atoms with Crippen molar-refractivity contribution in [2.75, 3.05) is 6.61 Å². The van der Waals surface area contributed by atoms with Crippen LogP contribution < -0.4 is 0 Å². The molecule has 2 unspecified atom stereocenters. The molecule has 0 aliphatic carbocycles. The summed E-state index contributed by atoms with van der Waals surface area (Å²) in [5.74, 6) is 0. The first-order chi connectivity index (χ1) is 13.1. The Labute approximate surface area is 163 Å². The van der Waals surface area contributed by atoms with E-state index in [1.54, 1.807) is 0 Å². The normalized spacial score (nSPS) is 12.6. The molecular formula is C24H26O2P+. The molecule has 3 aromatic rings. The van der Waals surface area contributed by atoms with E-state index in [0.29, 0.717) is 6.61 Å². The average molecular weight is 377 g/mol. The Kier molecular flexibility index (Phi) is 6.55. The lowest BCUT2D eigenvalue weighted by molar-refractivity contribution is 0.329. The zero-order valence-electron chi connectivity index (χ0n) is 16.2. The molecule has 0 saturated carbocycles. The van der Waals surface area contributed by atoms with Crippen LogP contribution in [0.1, 0.15) is 39.0 Å². The van der Waals surface area contributed by atoms with Crippen LogP contribution in [-0.4, -0.2) is 6.61 Å². The van der Waals surface area contributed by atoms with Gasteiger partial charge in [-0.1, -0.05) is 78.4 Å². The minimum Gasteiger partial charge on any atom is -0.145 e. The second-order valence-electron chi connectivity index (χ2n) is 6.98. The van der Waals surface area contributed by atoms with Crippen LogP contribution in [0.5, 0.6) is 0 Å². The van der Waals surface area contributed by atoms with Crippen LogP contribution in [0.15, 0.2) is 72.8 Å². The molecule has 0 N–H and O–H groups in total. The van der Waals surface area contributed by atoms with Crippen LogP contribution in [0.25, 0.3) is 0 Å². The van der Waals surface area contributed by atoms with Crippen LogP contribution >= 0.6 is 8.03 Å². The Bertz CT molecular complexity index is 881. The van der Waals surface area contributed by atoms with Gasteiger partial charge in [0.15, 0.2) is 0 Å². The number of hydrogen-bond acceptors (Lipinski definition) is 2. The van der Waals surface area contributed by atoms with E-state index in [0.717, 1.165) is 28.7 Å². The molecular weight excluding hydrogens is 351 g/mol. The lowest BCUT2D eigenvalue weighted by Crippen LogP contribution is -2.05. The Morgan fingerprint density at radius 3 is 2.00 bits per heavy atom. The van der Waals surface area contributed by atoms with Gasteiger partial charge in [-0.15, -0.1) is 4.52 Å². The molecule has 138 valence electrons. The first kappa shape index (κ1) is 19.5. The van der Waals surface area contributed by atoms with Gasteiger partial charge in [0.25, 0.3) is 0 Å². The van der Waals surface area contributed by atoms with Gasteiger partial charge >= 0.3 is 8.03 Å². The summed E-state index contributed by atoms with van der Waals surface area (Å²) in [4.78, 5) is 0. The minimum absolute atomic E-state index is 0.252. The summed E-state index contributed by atoms with van der Waals surface area (Å²) >= 11 is 0. The fraction of sp³-hybridized carbons (Fsp3) is 0.250. The zero-order valence-corrected chi connectivity index (χ0v) is 17.1. The van der Waals surface area contributed by atoms with Crippen molar-refractivity contribution in [3.63, 3.8) is 0 Å². The third kappa shape index (κ3) is 4.91. The van der Waals surface area contributed by atoms with Crippen molar-refractivity contribution in [1.82, 2.24) is 0 Å². The molecule has 0 aliphatic rings.